The second kappa shape index (κ2) is 8.26. The molecule has 0 aliphatic carbocycles. The van der Waals surface area contributed by atoms with E-state index in [0.717, 1.165) is 28.2 Å². The van der Waals surface area contributed by atoms with Crippen LogP contribution < -0.4 is 10.6 Å². The fourth-order valence-electron chi connectivity index (χ4n) is 2.97. The number of hydrogen-bond acceptors (Lipinski definition) is 4. The molecule has 140 valence electrons. The molecule has 7 heteroatoms. The molecule has 0 saturated heterocycles. The van der Waals surface area contributed by atoms with E-state index in [0.29, 0.717) is 11.4 Å². The second-order valence-corrected chi connectivity index (χ2v) is 7.11. The van der Waals surface area contributed by atoms with E-state index in [4.69, 9.17) is 0 Å². The monoisotopic (exact) mass is 382 g/mol. The lowest BCUT2D eigenvalue weighted by Gasteiger charge is -2.14. The first-order valence-corrected chi connectivity index (χ1v) is 9.99. The van der Waals surface area contributed by atoms with Gasteiger partial charge in [0.15, 0.2) is 0 Å². The van der Waals surface area contributed by atoms with E-state index in [-0.39, 0.29) is 18.4 Å². The first kappa shape index (κ1) is 19.0. The number of nitrogens with zero attached hydrogens (tertiary/aromatic N) is 2. The third kappa shape index (κ3) is 4.31. The van der Waals surface area contributed by atoms with Crippen molar-refractivity contribution in [1.29, 1.82) is 0 Å². The van der Waals surface area contributed by atoms with Gasteiger partial charge in [-0.05, 0) is 43.0 Å². The highest BCUT2D eigenvalue weighted by Gasteiger charge is 2.14. The van der Waals surface area contributed by atoms with E-state index in [1.54, 1.807) is 17.8 Å². The standard InChI is InChI=1S/C20H22N4O2S/c1-13-15(21-14(2)25)8-6-9-16(13)23-20(26)11-24-18-10-5-4-7-17(18)22-19(24)12-27-3/h4-10H,11-12H2,1-3H3,(H,21,25)(H,23,26). The average Bonchev–Trinajstić information content (AvgIpc) is 2.96. The summed E-state index contributed by atoms with van der Waals surface area (Å²) in [4.78, 5) is 28.7. The molecule has 2 aromatic carbocycles. The normalized spacial score (nSPS) is 10.8. The zero-order valence-corrected chi connectivity index (χ0v) is 16.4. The first-order chi connectivity index (χ1) is 13.0. The van der Waals surface area contributed by atoms with Crippen molar-refractivity contribution in [2.24, 2.45) is 0 Å². The molecule has 0 saturated carbocycles. The third-order valence-electron chi connectivity index (χ3n) is 4.23. The van der Waals surface area contributed by atoms with Crippen LogP contribution in [0.3, 0.4) is 0 Å². The fourth-order valence-corrected chi connectivity index (χ4v) is 3.45. The number of benzene rings is 2. The van der Waals surface area contributed by atoms with Gasteiger partial charge in [0, 0.05) is 18.3 Å². The minimum absolute atomic E-state index is 0.136. The van der Waals surface area contributed by atoms with Crippen molar-refractivity contribution in [2.45, 2.75) is 26.1 Å². The Labute approximate surface area is 162 Å². The highest BCUT2D eigenvalue weighted by Crippen LogP contribution is 2.24. The topological polar surface area (TPSA) is 76.0 Å². The van der Waals surface area contributed by atoms with Crippen LogP contribution in [0, 0.1) is 6.92 Å². The Kier molecular flexibility index (Phi) is 5.81. The average molecular weight is 382 g/mol. The lowest BCUT2D eigenvalue weighted by atomic mass is 10.1. The smallest absolute Gasteiger partial charge is 0.244 e. The highest BCUT2D eigenvalue weighted by atomic mass is 32.2. The molecule has 0 bridgehead atoms. The molecule has 2 amide bonds. The number of amides is 2. The van der Waals surface area contributed by atoms with Crippen molar-refractivity contribution in [1.82, 2.24) is 9.55 Å². The maximum absolute atomic E-state index is 12.7. The van der Waals surface area contributed by atoms with E-state index >= 15 is 0 Å². The summed E-state index contributed by atoms with van der Waals surface area (Å²) in [6, 6.07) is 13.3. The summed E-state index contributed by atoms with van der Waals surface area (Å²) in [5.74, 6) is 1.33. The number of hydrogen-bond donors (Lipinski definition) is 2. The van der Waals surface area contributed by atoms with Gasteiger partial charge in [0.25, 0.3) is 0 Å². The molecule has 0 aliphatic rings. The number of anilines is 2. The number of imidazole rings is 1. The predicted octanol–water partition coefficient (Wildman–Crippen LogP) is 3.80. The number of para-hydroxylation sites is 2. The van der Waals surface area contributed by atoms with Crippen LogP contribution in [0.5, 0.6) is 0 Å². The number of aromatic nitrogens is 2. The molecule has 0 radical (unpaired) electrons. The molecule has 0 aliphatic heterocycles. The summed E-state index contributed by atoms with van der Waals surface area (Å²) in [6.07, 6.45) is 2.01. The van der Waals surface area contributed by atoms with Crippen LogP contribution in [0.15, 0.2) is 42.5 Å². The number of nitrogens with one attached hydrogen (secondary N) is 2. The lowest BCUT2D eigenvalue weighted by molar-refractivity contribution is -0.116. The Morgan fingerprint density at radius 2 is 1.78 bits per heavy atom. The minimum atomic E-state index is -0.145. The molecule has 1 aromatic heterocycles. The van der Waals surface area contributed by atoms with Crippen molar-refractivity contribution >= 4 is 46.0 Å². The van der Waals surface area contributed by atoms with Crippen LogP contribution in [0.4, 0.5) is 11.4 Å². The molecule has 0 atom stereocenters. The van der Waals surface area contributed by atoms with Gasteiger partial charge in [0.1, 0.15) is 12.4 Å². The van der Waals surface area contributed by atoms with E-state index < -0.39 is 0 Å². The Morgan fingerprint density at radius 3 is 2.48 bits per heavy atom. The van der Waals surface area contributed by atoms with E-state index in [1.807, 2.05) is 54.1 Å². The maximum atomic E-state index is 12.7. The Balaban J connectivity index is 1.84. The number of carbonyl (C=O) groups is 2. The fraction of sp³-hybridized carbons (Fsp3) is 0.250. The van der Waals surface area contributed by atoms with Crippen LogP contribution >= 0.6 is 11.8 Å². The largest absolute Gasteiger partial charge is 0.326 e. The molecule has 6 nitrogen and oxygen atoms in total. The maximum Gasteiger partial charge on any atom is 0.244 e. The van der Waals surface area contributed by atoms with Crippen molar-refractivity contribution in [2.75, 3.05) is 16.9 Å². The summed E-state index contributed by atoms with van der Waals surface area (Å²) in [7, 11) is 0. The van der Waals surface area contributed by atoms with E-state index in [2.05, 4.69) is 15.6 Å². The van der Waals surface area contributed by atoms with Crippen molar-refractivity contribution < 1.29 is 9.59 Å². The van der Waals surface area contributed by atoms with Crippen LogP contribution in [0.25, 0.3) is 11.0 Å². The Morgan fingerprint density at radius 1 is 1.07 bits per heavy atom. The molecule has 0 unspecified atom stereocenters. The van der Waals surface area contributed by atoms with E-state index in [9.17, 15) is 9.59 Å². The van der Waals surface area contributed by atoms with Gasteiger partial charge >= 0.3 is 0 Å². The van der Waals surface area contributed by atoms with Gasteiger partial charge in [0.05, 0.1) is 16.8 Å². The summed E-state index contributed by atoms with van der Waals surface area (Å²) in [5.41, 5.74) is 4.03. The summed E-state index contributed by atoms with van der Waals surface area (Å²) < 4.78 is 1.95. The van der Waals surface area contributed by atoms with E-state index in [1.165, 1.54) is 6.92 Å². The van der Waals surface area contributed by atoms with Gasteiger partial charge < -0.3 is 15.2 Å². The molecule has 3 rings (SSSR count). The van der Waals surface area contributed by atoms with Gasteiger partial charge in [-0.1, -0.05) is 18.2 Å². The zero-order valence-electron chi connectivity index (χ0n) is 15.6. The van der Waals surface area contributed by atoms with Crippen molar-refractivity contribution in [3.05, 3.63) is 53.9 Å². The molecule has 3 aromatic rings. The van der Waals surface area contributed by atoms with Crippen molar-refractivity contribution in [3.8, 4) is 0 Å². The molecule has 0 fully saturated rings. The number of fused-ring (bicyclic) bond motifs is 1. The zero-order chi connectivity index (χ0) is 19.4. The SMILES string of the molecule is CSCc1nc2ccccc2n1CC(=O)Nc1cccc(NC(C)=O)c1C. The number of thioether (sulfide) groups is 1. The number of carbonyl (C=O) groups excluding carboxylic acids is 2. The second-order valence-electron chi connectivity index (χ2n) is 6.24. The van der Waals surface area contributed by atoms with Gasteiger partial charge in [-0.25, -0.2) is 4.98 Å². The van der Waals surface area contributed by atoms with Crippen LogP contribution in [0.1, 0.15) is 18.3 Å². The predicted molar refractivity (Wildman–Crippen MR) is 111 cm³/mol. The Hall–Kier alpha value is -2.80. The Bertz CT molecular complexity index is 997. The first-order valence-electron chi connectivity index (χ1n) is 8.59. The summed E-state index contributed by atoms with van der Waals surface area (Å²) >= 11 is 1.67. The molecule has 0 spiro atoms. The highest BCUT2D eigenvalue weighted by molar-refractivity contribution is 7.97. The third-order valence-corrected chi connectivity index (χ3v) is 4.77. The van der Waals surface area contributed by atoms with Gasteiger partial charge in [0.2, 0.25) is 11.8 Å². The molecular weight excluding hydrogens is 360 g/mol. The summed E-state index contributed by atoms with van der Waals surface area (Å²) in [5, 5.41) is 5.72. The van der Waals surface area contributed by atoms with Gasteiger partial charge in [-0.3, -0.25) is 9.59 Å². The molecule has 27 heavy (non-hydrogen) atoms. The number of rotatable bonds is 6. The van der Waals surface area contributed by atoms with Gasteiger partial charge in [-0.2, -0.15) is 11.8 Å². The van der Waals surface area contributed by atoms with Crippen LogP contribution in [-0.4, -0.2) is 27.6 Å². The molecule has 1 heterocycles. The van der Waals surface area contributed by atoms with Crippen LogP contribution in [0.2, 0.25) is 0 Å². The molecular formula is C20H22N4O2S. The van der Waals surface area contributed by atoms with Crippen LogP contribution in [-0.2, 0) is 21.9 Å². The summed E-state index contributed by atoms with van der Waals surface area (Å²) in [6.45, 7) is 3.51. The lowest BCUT2D eigenvalue weighted by Crippen LogP contribution is -2.21. The quantitative estimate of drug-likeness (QED) is 0.680. The molecule has 2 N–H and O–H groups in total. The van der Waals surface area contributed by atoms with Crippen molar-refractivity contribution in [3.63, 3.8) is 0 Å². The van der Waals surface area contributed by atoms with Gasteiger partial charge in [-0.15, -0.1) is 0 Å². The minimum Gasteiger partial charge on any atom is -0.326 e.